The van der Waals surface area contributed by atoms with Gasteiger partial charge in [0.15, 0.2) is 8.07 Å². The fourth-order valence-corrected chi connectivity index (χ4v) is 17.0. The maximum atomic E-state index is 6.77. The molecule has 0 aromatic heterocycles. The van der Waals surface area contributed by atoms with Gasteiger partial charge in [-0.25, -0.2) is 0 Å². The van der Waals surface area contributed by atoms with E-state index in [9.17, 15) is 0 Å². The van der Waals surface area contributed by atoms with Crippen LogP contribution in [-0.4, -0.2) is 8.07 Å². The van der Waals surface area contributed by atoms with E-state index in [1.54, 1.807) is 0 Å². The predicted octanol–water partition coefficient (Wildman–Crippen LogP) is 13.8. The minimum atomic E-state index is -2.74. The van der Waals surface area contributed by atoms with Gasteiger partial charge < -0.3 is 9.64 Å². The van der Waals surface area contributed by atoms with Crippen molar-refractivity contribution in [2.45, 2.75) is 9.79 Å². The third-order valence-corrected chi connectivity index (χ3v) is 19.2. The molecule has 0 saturated carbocycles. The van der Waals surface area contributed by atoms with Crippen LogP contribution in [-0.2, 0) is 0 Å². The molecule has 0 bridgehead atoms. The van der Waals surface area contributed by atoms with Crippen LogP contribution >= 0.6 is 11.8 Å². The number of fused-ring (bicyclic) bond motifs is 8. The van der Waals surface area contributed by atoms with Crippen LogP contribution in [0.25, 0.3) is 44.5 Å². The summed E-state index contributed by atoms with van der Waals surface area (Å²) in [5.41, 5.74) is 12.8. The summed E-state index contributed by atoms with van der Waals surface area (Å²) in [6.07, 6.45) is 0. The van der Waals surface area contributed by atoms with Crippen molar-refractivity contribution in [1.29, 1.82) is 0 Å². The molecule has 0 unspecified atom stereocenters. The molecule has 0 radical (unpaired) electrons. The Kier molecular flexibility index (Phi) is 9.47. The third-order valence-electron chi connectivity index (χ3n) is 12.8. The van der Waals surface area contributed by atoms with Gasteiger partial charge in [0.05, 0.1) is 0 Å². The van der Waals surface area contributed by atoms with E-state index >= 15 is 0 Å². The minimum Gasteiger partial charge on any atom is -0.458 e. The van der Waals surface area contributed by atoms with E-state index in [4.69, 9.17) is 4.74 Å². The Balaban J connectivity index is 0.882. The highest BCUT2D eigenvalue weighted by Gasteiger charge is 2.52. The molecular formula is C60H41NOSSi. The SMILES string of the molecule is c1ccc(-c2ccc(-c3ccc(N(c4ccccc4)c4cccc(-c5ccc(-c6ccc7c(c6)[Si]6(c8ccccc8O7)c7ccccc7Sc7ccccc76)cc5)c4)cc3)cc2)cc1. The van der Waals surface area contributed by atoms with E-state index < -0.39 is 8.07 Å². The number of benzene rings is 10. The molecule has 0 fully saturated rings. The van der Waals surface area contributed by atoms with Crippen molar-refractivity contribution in [3.8, 4) is 56.0 Å². The molecule has 2 aliphatic rings. The first-order valence-electron chi connectivity index (χ1n) is 21.8. The molecule has 64 heavy (non-hydrogen) atoms. The lowest BCUT2D eigenvalue weighted by molar-refractivity contribution is 0.487. The van der Waals surface area contributed by atoms with Gasteiger partial charge in [-0.15, -0.1) is 0 Å². The van der Waals surface area contributed by atoms with Crippen LogP contribution in [0.1, 0.15) is 0 Å². The van der Waals surface area contributed by atoms with E-state index in [2.05, 4.69) is 254 Å². The molecule has 2 heterocycles. The molecule has 0 amide bonds. The Hall–Kier alpha value is -7.63. The zero-order valence-electron chi connectivity index (χ0n) is 34.9. The number of nitrogens with zero attached hydrogens (tertiary/aromatic N) is 1. The summed E-state index contributed by atoms with van der Waals surface area (Å²) in [5, 5.41) is 5.47. The zero-order valence-corrected chi connectivity index (χ0v) is 36.8. The molecule has 0 aliphatic carbocycles. The van der Waals surface area contributed by atoms with Crippen LogP contribution in [0, 0.1) is 0 Å². The van der Waals surface area contributed by atoms with Crippen LogP contribution < -0.4 is 30.4 Å². The van der Waals surface area contributed by atoms with Gasteiger partial charge in [-0.1, -0.05) is 200 Å². The minimum absolute atomic E-state index is 0.953. The van der Waals surface area contributed by atoms with Gasteiger partial charge in [0.1, 0.15) is 11.5 Å². The van der Waals surface area contributed by atoms with E-state index in [-0.39, 0.29) is 0 Å². The number of para-hydroxylation sites is 2. The van der Waals surface area contributed by atoms with Gasteiger partial charge in [0.2, 0.25) is 0 Å². The van der Waals surface area contributed by atoms with E-state index in [0.717, 1.165) is 34.1 Å². The van der Waals surface area contributed by atoms with Crippen LogP contribution in [0.5, 0.6) is 11.5 Å². The van der Waals surface area contributed by atoms with Crippen molar-refractivity contribution in [2.24, 2.45) is 0 Å². The molecule has 0 atom stereocenters. The van der Waals surface area contributed by atoms with Gasteiger partial charge in [-0.2, -0.15) is 0 Å². The smallest absolute Gasteiger partial charge is 0.190 e. The first-order valence-corrected chi connectivity index (χ1v) is 24.6. The molecule has 12 rings (SSSR count). The summed E-state index contributed by atoms with van der Waals surface area (Å²) in [4.78, 5) is 5.01. The Bertz CT molecular complexity index is 3210. The topological polar surface area (TPSA) is 12.5 Å². The maximum Gasteiger partial charge on any atom is 0.190 e. The summed E-state index contributed by atoms with van der Waals surface area (Å²) in [5.74, 6) is 1.92. The quantitative estimate of drug-likeness (QED) is 0.148. The number of rotatable bonds is 7. The van der Waals surface area contributed by atoms with Crippen molar-refractivity contribution >= 4 is 57.6 Å². The molecule has 10 aromatic rings. The molecule has 0 N–H and O–H groups in total. The van der Waals surface area contributed by atoms with Crippen molar-refractivity contribution in [3.63, 3.8) is 0 Å². The second-order valence-electron chi connectivity index (χ2n) is 16.4. The number of hydrogen-bond acceptors (Lipinski definition) is 3. The van der Waals surface area contributed by atoms with Crippen molar-refractivity contribution in [1.82, 2.24) is 0 Å². The highest BCUT2D eigenvalue weighted by Crippen LogP contribution is 2.41. The average Bonchev–Trinajstić information content (AvgIpc) is 3.37. The monoisotopic (exact) mass is 851 g/mol. The number of anilines is 3. The van der Waals surface area contributed by atoms with Crippen molar-refractivity contribution in [3.05, 3.63) is 249 Å². The fraction of sp³-hybridized carbons (Fsp3) is 0. The largest absolute Gasteiger partial charge is 0.458 e. The highest BCUT2D eigenvalue weighted by atomic mass is 32.2. The molecular weight excluding hydrogens is 811 g/mol. The lowest BCUT2D eigenvalue weighted by Gasteiger charge is -2.43. The first-order chi connectivity index (χ1) is 31.7. The molecule has 2 aliphatic heterocycles. The molecule has 1 spiro atoms. The lowest BCUT2D eigenvalue weighted by atomic mass is 9.99. The van der Waals surface area contributed by atoms with E-state index in [0.29, 0.717) is 0 Å². The second kappa shape index (κ2) is 15.9. The summed E-state index contributed by atoms with van der Waals surface area (Å²) >= 11 is 1.89. The Morgan fingerprint density at radius 1 is 0.281 bits per heavy atom. The predicted molar refractivity (Wildman–Crippen MR) is 271 cm³/mol. The molecule has 10 aromatic carbocycles. The molecule has 0 saturated heterocycles. The molecule has 4 heteroatoms. The molecule has 2 nitrogen and oxygen atoms in total. The second-order valence-corrected chi connectivity index (χ2v) is 21.2. The Morgan fingerprint density at radius 3 is 1.31 bits per heavy atom. The summed E-state index contributed by atoms with van der Waals surface area (Å²) in [6.45, 7) is 0. The fourth-order valence-electron chi connectivity index (χ4n) is 9.79. The first kappa shape index (κ1) is 38.1. The van der Waals surface area contributed by atoms with Crippen LogP contribution in [0.3, 0.4) is 0 Å². The third kappa shape index (κ3) is 6.50. The number of hydrogen-bond donors (Lipinski definition) is 0. The van der Waals surface area contributed by atoms with E-state index in [1.165, 1.54) is 69.5 Å². The van der Waals surface area contributed by atoms with Gasteiger partial charge in [0, 0.05) is 26.9 Å². The Labute approximate surface area is 379 Å². The van der Waals surface area contributed by atoms with Gasteiger partial charge >= 0.3 is 0 Å². The van der Waals surface area contributed by atoms with Crippen LogP contribution in [0.4, 0.5) is 17.1 Å². The van der Waals surface area contributed by atoms with Gasteiger partial charge in [-0.05, 0) is 126 Å². The lowest BCUT2D eigenvalue weighted by Crippen LogP contribution is -2.77. The zero-order chi connectivity index (χ0) is 42.5. The van der Waals surface area contributed by atoms with E-state index in [1.807, 2.05) is 11.8 Å². The van der Waals surface area contributed by atoms with Crippen LogP contribution in [0.15, 0.2) is 259 Å². The summed E-state index contributed by atoms with van der Waals surface area (Å²) in [6, 6.07) is 90.5. The van der Waals surface area contributed by atoms with Crippen molar-refractivity contribution in [2.75, 3.05) is 4.90 Å². The van der Waals surface area contributed by atoms with Gasteiger partial charge in [0.25, 0.3) is 0 Å². The normalized spacial score (nSPS) is 12.9. The maximum absolute atomic E-state index is 6.77. The highest BCUT2D eigenvalue weighted by molar-refractivity contribution is 8.00. The number of ether oxygens (including phenoxy) is 1. The van der Waals surface area contributed by atoms with Crippen molar-refractivity contribution < 1.29 is 4.74 Å². The Morgan fingerprint density at radius 2 is 0.688 bits per heavy atom. The standard InChI is InChI=1S/C60H41NOSSi/c1-3-14-42(15-4-1)43-26-28-44(29-27-43)45-34-37-51(38-35-45)61(50-17-5-2-6-18-50)52-19-13-16-48(40-52)46-30-32-47(33-31-46)49-36-39-54-60(41-49)64(57-23-10-7-20-53(57)62-54)58-24-11-8-21-55(58)63-56-22-9-12-25-59(56)64/h1-41H. The van der Waals surface area contributed by atoms with Crippen LogP contribution in [0.2, 0.25) is 0 Å². The van der Waals surface area contributed by atoms with Gasteiger partial charge in [-0.3, -0.25) is 0 Å². The molecule has 302 valence electrons. The summed E-state index contributed by atoms with van der Waals surface area (Å²) < 4.78 is 6.77. The average molecular weight is 852 g/mol. The summed E-state index contributed by atoms with van der Waals surface area (Å²) in [7, 11) is -2.74.